The highest BCUT2D eigenvalue weighted by atomic mass is 16.6. The zero-order chi connectivity index (χ0) is 32.6. The van der Waals surface area contributed by atoms with Gasteiger partial charge in [0.15, 0.2) is 0 Å². The van der Waals surface area contributed by atoms with Crippen molar-refractivity contribution >= 4 is 23.9 Å². The Morgan fingerprint density at radius 2 is 1.02 bits per heavy atom. The number of hydrogen-bond donors (Lipinski definition) is 2. The van der Waals surface area contributed by atoms with Gasteiger partial charge in [0.05, 0.1) is 29.1 Å². The number of benzene rings is 3. The fourth-order valence-corrected chi connectivity index (χ4v) is 3.54. The number of hydrogen-bond acceptors (Lipinski definition) is 10. The smallest absolute Gasteiger partial charge is 0.343 e. The van der Waals surface area contributed by atoms with Gasteiger partial charge in [-0.15, -0.1) is 0 Å². The second-order valence-electron chi connectivity index (χ2n) is 11.9. The van der Waals surface area contributed by atoms with Crippen LogP contribution in [0.5, 0.6) is 23.0 Å². The van der Waals surface area contributed by atoms with Crippen LogP contribution in [0.4, 0.5) is 0 Å². The Bertz CT molecular complexity index is 1370. The fraction of sp³-hybridized carbons (Fsp3) is 0.353. The molecule has 0 amide bonds. The van der Waals surface area contributed by atoms with Gasteiger partial charge in [0.25, 0.3) is 0 Å². The molecule has 3 aromatic carbocycles. The van der Waals surface area contributed by atoms with Crippen molar-refractivity contribution in [2.45, 2.75) is 60.1 Å². The Morgan fingerprint density at radius 1 is 0.636 bits per heavy atom. The number of β-amino-alcohol motifs (C(OH)–C–C–N with tert-alkyl or cyclic N) is 1. The maximum Gasteiger partial charge on any atom is 0.343 e. The summed E-state index contributed by atoms with van der Waals surface area (Å²) in [6, 6.07) is 16.1. The van der Waals surface area contributed by atoms with Gasteiger partial charge in [0.2, 0.25) is 0 Å². The van der Waals surface area contributed by atoms with Crippen LogP contribution in [0.2, 0.25) is 0 Å². The number of aliphatic hydroxyl groups excluding tert-OH is 1. The van der Waals surface area contributed by atoms with Gasteiger partial charge in [-0.1, -0.05) is 27.7 Å². The van der Waals surface area contributed by atoms with E-state index in [2.05, 4.69) is 5.32 Å². The summed E-state index contributed by atoms with van der Waals surface area (Å²) in [7, 11) is 0. The highest BCUT2D eigenvalue weighted by Gasteiger charge is 2.19. The van der Waals surface area contributed by atoms with Crippen molar-refractivity contribution in [3.63, 3.8) is 0 Å². The lowest BCUT2D eigenvalue weighted by molar-refractivity contribution is -0.138. The van der Waals surface area contributed by atoms with Crippen LogP contribution in [0.15, 0.2) is 66.7 Å². The third kappa shape index (κ3) is 10.3. The summed E-state index contributed by atoms with van der Waals surface area (Å²) in [5.41, 5.74) is 0.450. The van der Waals surface area contributed by atoms with Crippen LogP contribution in [0.3, 0.4) is 0 Å². The van der Waals surface area contributed by atoms with E-state index >= 15 is 0 Å². The molecule has 234 valence electrons. The molecule has 0 saturated heterocycles. The quantitative estimate of drug-likeness (QED) is 0.208. The lowest BCUT2D eigenvalue weighted by Crippen LogP contribution is -2.38. The van der Waals surface area contributed by atoms with Gasteiger partial charge in [0.1, 0.15) is 23.0 Å². The minimum Gasteiger partial charge on any atom is -0.426 e. The molecule has 0 aliphatic heterocycles. The van der Waals surface area contributed by atoms with Gasteiger partial charge in [-0.3, -0.25) is 9.59 Å². The van der Waals surface area contributed by atoms with E-state index in [4.69, 9.17) is 18.9 Å². The van der Waals surface area contributed by atoms with Crippen LogP contribution in [0.25, 0.3) is 0 Å². The summed E-state index contributed by atoms with van der Waals surface area (Å²) < 4.78 is 21.6. The van der Waals surface area contributed by atoms with Crippen molar-refractivity contribution in [3.05, 3.63) is 83.4 Å². The van der Waals surface area contributed by atoms with Crippen LogP contribution in [0, 0.1) is 11.8 Å². The van der Waals surface area contributed by atoms with Crippen molar-refractivity contribution in [3.8, 4) is 23.0 Å². The normalized spacial score (nSPS) is 12.0. The van der Waals surface area contributed by atoms with Crippen LogP contribution in [-0.4, -0.2) is 41.1 Å². The van der Waals surface area contributed by atoms with E-state index in [1.165, 1.54) is 66.7 Å². The third-order valence-electron chi connectivity index (χ3n) is 6.09. The lowest BCUT2D eigenvalue weighted by Gasteiger charge is -2.23. The Kier molecular flexibility index (Phi) is 11.4. The number of ether oxygens (including phenoxy) is 4. The molecule has 1 atom stereocenters. The molecule has 0 radical (unpaired) electrons. The SMILES string of the molecule is CC(C)C(=O)Oc1ccc(C(=O)Oc2cc(OC(=O)c3ccc(OC(=O)C(C)C)cc3)cc(C(O)CNC(C)(C)C)c2)cc1. The minimum atomic E-state index is -1.02. The van der Waals surface area contributed by atoms with Crippen LogP contribution < -0.4 is 24.3 Å². The molecular weight excluding hydrogens is 566 g/mol. The maximum atomic E-state index is 13.0. The minimum absolute atomic E-state index is 0.0383. The van der Waals surface area contributed by atoms with Gasteiger partial charge in [-0.05, 0) is 87.0 Å². The molecular formula is C34H39NO9. The topological polar surface area (TPSA) is 137 Å². The van der Waals surface area contributed by atoms with Crippen LogP contribution >= 0.6 is 0 Å². The lowest BCUT2D eigenvalue weighted by atomic mass is 10.1. The van der Waals surface area contributed by atoms with Gasteiger partial charge < -0.3 is 29.4 Å². The molecule has 0 fully saturated rings. The molecule has 0 saturated carbocycles. The molecule has 0 spiro atoms. The molecule has 10 heteroatoms. The Balaban J connectivity index is 1.81. The predicted molar refractivity (Wildman–Crippen MR) is 163 cm³/mol. The molecule has 2 N–H and O–H groups in total. The van der Waals surface area contributed by atoms with E-state index < -0.39 is 30.0 Å². The van der Waals surface area contributed by atoms with Crippen LogP contribution in [-0.2, 0) is 9.59 Å². The van der Waals surface area contributed by atoms with E-state index in [0.29, 0.717) is 5.56 Å². The molecule has 10 nitrogen and oxygen atoms in total. The molecule has 44 heavy (non-hydrogen) atoms. The first-order valence-electron chi connectivity index (χ1n) is 14.3. The highest BCUT2D eigenvalue weighted by Crippen LogP contribution is 2.29. The summed E-state index contributed by atoms with van der Waals surface area (Å²) in [5, 5.41) is 14.1. The van der Waals surface area contributed by atoms with E-state index in [0.717, 1.165) is 0 Å². The number of esters is 4. The second-order valence-corrected chi connectivity index (χ2v) is 11.9. The molecule has 0 aromatic heterocycles. The van der Waals surface area contributed by atoms with Gasteiger partial charge in [-0.2, -0.15) is 0 Å². The zero-order valence-corrected chi connectivity index (χ0v) is 26.0. The summed E-state index contributed by atoms with van der Waals surface area (Å²) in [4.78, 5) is 49.6. The number of aliphatic hydroxyl groups is 1. The van der Waals surface area contributed by atoms with Crippen LogP contribution in [0.1, 0.15) is 80.8 Å². The molecule has 0 bridgehead atoms. The van der Waals surface area contributed by atoms with Gasteiger partial charge in [0, 0.05) is 18.2 Å². The predicted octanol–water partition coefficient (Wildman–Crippen LogP) is 5.67. The molecule has 0 aliphatic carbocycles. The highest BCUT2D eigenvalue weighted by molar-refractivity contribution is 5.92. The third-order valence-corrected chi connectivity index (χ3v) is 6.09. The van der Waals surface area contributed by atoms with E-state index in [1.807, 2.05) is 20.8 Å². The molecule has 0 heterocycles. The standard InChI is InChI=1S/C34H39NO9/c1-20(2)30(37)41-25-12-8-22(9-13-25)32(39)43-27-16-24(29(36)19-35-34(5,6)7)17-28(18-27)44-33(40)23-10-14-26(15-11-23)42-31(38)21(3)4/h8-18,20-21,29,35-36H,19H2,1-7H3. The molecule has 0 aliphatic rings. The number of carbonyl (C=O) groups excluding carboxylic acids is 4. The number of rotatable bonds is 11. The first-order valence-corrected chi connectivity index (χ1v) is 14.3. The van der Waals surface area contributed by atoms with E-state index in [-0.39, 0.29) is 58.0 Å². The largest absolute Gasteiger partial charge is 0.426 e. The maximum absolute atomic E-state index is 13.0. The monoisotopic (exact) mass is 605 g/mol. The van der Waals surface area contributed by atoms with Crippen molar-refractivity contribution in [2.24, 2.45) is 11.8 Å². The molecule has 1 unspecified atom stereocenters. The number of carbonyl (C=O) groups is 4. The zero-order valence-electron chi connectivity index (χ0n) is 26.0. The fourth-order valence-electron chi connectivity index (χ4n) is 3.54. The summed E-state index contributed by atoms with van der Waals surface area (Å²) in [5.74, 6) is -2.18. The van der Waals surface area contributed by atoms with Crippen molar-refractivity contribution in [1.29, 1.82) is 0 Å². The average Bonchev–Trinajstić information content (AvgIpc) is 2.95. The van der Waals surface area contributed by atoms with E-state index in [9.17, 15) is 24.3 Å². The van der Waals surface area contributed by atoms with Crippen molar-refractivity contribution < 1.29 is 43.2 Å². The second kappa shape index (κ2) is 14.8. The number of nitrogens with one attached hydrogen (secondary N) is 1. The van der Waals surface area contributed by atoms with Gasteiger partial charge >= 0.3 is 23.9 Å². The molecule has 3 rings (SSSR count). The first kappa shape index (κ1) is 34.0. The first-order chi connectivity index (χ1) is 20.6. The average molecular weight is 606 g/mol. The Labute approximate surface area is 257 Å². The van der Waals surface area contributed by atoms with Crippen molar-refractivity contribution in [1.82, 2.24) is 5.32 Å². The summed E-state index contributed by atoms with van der Waals surface area (Å²) >= 11 is 0. The molecule has 3 aromatic rings. The summed E-state index contributed by atoms with van der Waals surface area (Å²) in [6.45, 7) is 12.9. The summed E-state index contributed by atoms with van der Waals surface area (Å²) in [6.07, 6.45) is -1.02. The van der Waals surface area contributed by atoms with Crippen molar-refractivity contribution in [2.75, 3.05) is 6.54 Å². The van der Waals surface area contributed by atoms with E-state index in [1.54, 1.807) is 27.7 Å². The Hall–Kier alpha value is -4.54. The Morgan fingerprint density at radius 3 is 1.36 bits per heavy atom. The van der Waals surface area contributed by atoms with Gasteiger partial charge in [-0.25, -0.2) is 9.59 Å².